The lowest BCUT2D eigenvalue weighted by Crippen LogP contribution is -2.56. The number of nitrogens with one attached hydrogen (secondary N) is 1. The zero-order valence-electron chi connectivity index (χ0n) is 21.7. The number of ether oxygens (including phenoxy) is 1. The smallest absolute Gasteiger partial charge is 0.338 e. The summed E-state index contributed by atoms with van der Waals surface area (Å²) < 4.78 is 33.5. The van der Waals surface area contributed by atoms with Crippen LogP contribution in [0.25, 0.3) is 0 Å². The summed E-state index contributed by atoms with van der Waals surface area (Å²) in [7, 11) is 0. The van der Waals surface area contributed by atoms with Gasteiger partial charge in [0.15, 0.2) is 0 Å². The lowest BCUT2D eigenvalue weighted by Gasteiger charge is -2.43. The van der Waals surface area contributed by atoms with Crippen molar-refractivity contribution in [2.75, 3.05) is 39.3 Å². The highest BCUT2D eigenvalue weighted by atomic mass is 19.1. The molecule has 2 aliphatic rings. The minimum absolute atomic E-state index is 0.126. The molecule has 2 heterocycles. The Labute approximate surface area is 220 Å². The van der Waals surface area contributed by atoms with Gasteiger partial charge in [0.25, 0.3) is 5.91 Å². The summed E-state index contributed by atoms with van der Waals surface area (Å²) in [6.07, 6.45) is 0. The molecule has 38 heavy (non-hydrogen) atoms. The zero-order chi connectivity index (χ0) is 27.4. The topological polar surface area (TPSA) is 82.2 Å². The van der Waals surface area contributed by atoms with E-state index in [1.165, 1.54) is 35.2 Å². The van der Waals surface area contributed by atoms with Crippen LogP contribution in [0.5, 0.6) is 0 Å². The normalized spacial score (nSPS) is 20.4. The Hall–Kier alpha value is -3.79. The highest BCUT2D eigenvalue weighted by molar-refractivity contribution is 5.95. The van der Waals surface area contributed by atoms with Crippen LogP contribution in [0.1, 0.15) is 42.7 Å². The third-order valence-corrected chi connectivity index (χ3v) is 6.90. The van der Waals surface area contributed by atoms with Crippen LogP contribution in [0, 0.1) is 11.6 Å². The number of halogens is 2. The molecule has 0 bridgehead atoms. The Morgan fingerprint density at radius 3 is 2.39 bits per heavy atom. The molecule has 2 aromatic rings. The van der Waals surface area contributed by atoms with Gasteiger partial charge in [0.1, 0.15) is 11.6 Å². The van der Waals surface area contributed by atoms with E-state index in [4.69, 9.17) is 4.74 Å². The number of piperazine rings is 1. The summed E-state index contributed by atoms with van der Waals surface area (Å²) >= 11 is 0. The summed E-state index contributed by atoms with van der Waals surface area (Å²) in [6.45, 7) is 7.45. The second-order valence-corrected chi connectivity index (χ2v) is 9.32. The van der Waals surface area contributed by atoms with Crippen LogP contribution >= 0.6 is 0 Å². The quantitative estimate of drug-likeness (QED) is 0.557. The Morgan fingerprint density at radius 2 is 1.76 bits per heavy atom. The molecule has 4 rings (SSSR count). The SMILES string of the molecule is CCOC(=O)C1=C(CN2CCN(C(=O)c3ccc(F)cc3)[C@H](C)C2)N(CC)C(=O)N[C@H]1c1ccccc1F. The first-order valence-corrected chi connectivity index (χ1v) is 12.8. The average molecular weight is 527 g/mol. The van der Waals surface area contributed by atoms with Crippen molar-refractivity contribution in [3.05, 3.63) is 82.6 Å². The summed E-state index contributed by atoms with van der Waals surface area (Å²) in [5, 5.41) is 2.77. The highest BCUT2D eigenvalue weighted by Crippen LogP contribution is 2.33. The first-order chi connectivity index (χ1) is 18.2. The molecular formula is C28H32F2N4O4. The monoisotopic (exact) mass is 526 g/mol. The predicted molar refractivity (Wildman–Crippen MR) is 137 cm³/mol. The van der Waals surface area contributed by atoms with E-state index in [1.54, 1.807) is 36.9 Å². The van der Waals surface area contributed by atoms with E-state index in [1.807, 2.05) is 6.92 Å². The number of amides is 3. The van der Waals surface area contributed by atoms with Crippen LogP contribution in [0.15, 0.2) is 59.8 Å². The van der Waals surface area contributed by atoms with Gasteiger partial charge in [-0.05, 0) is 51.1 Å². The number of nitrogens with zero attached hydrogens (tertiary/aromatic N) is 3. The number of rotatable bonds is 7. The van der Waals surface area contributed by atoms with Crippen LogP contribution in [0.4, 0.5) is 13.6 Å². The van der Waals surface area contributed by atoms with Crippen molar-refractivity contribution >= 4 is 17.9 Å². The maximum atomic E-state index is 14.8. The zero-order valence-corrected chi connectivity index (χ0v) is 21.7. The molecule has 1 fully saturated rings. The largest absolute Gasteiger partial charge is 0.463 e. The van der Waals surface area contributed by atoms with E-state index in [0.717, 1.165) is 0 Å². The molecule has 2 aromatic carbocycles. The molecule has 0 spiro atoms. The van der Waals surface area contributed by atoms with Gasteiger partial charge in [0, 0.05) is 55.6 Å². The summed E-state index contributed by atoms with van der Waals surface area (Å²) in [5.41, 5.74) is 1.23. The number of esters is 1. The van der Waals surface area contributed by atoms with Crippen LogP contribution in [-0.4, -0.2) is 78.0 Å². The van der Waals surface area contributed by atoms with Crippen LogP contribution in [-0.2, 0) is 9.53 Å². The highest BCUT2D eigenvalue weighted by Gasteiger charge is 2.40. The minimum Gasteiger partial charge on any atom is -0.463 e. The standard InChI is InChI=1S/C28H32F2N4O4/c1-4-33-23(17-32-14-15-34(18(3)16-32)26(35)19-10-12-20(29)13-11-19)24(27(36)38-5-2)25(31-28(33)37)21-8-6-7-9-22(21)30/h6-13,18,25H,4-5,14-17H2,1-3H3,(H,31,37)/t18-,25+/m1/s1. The van der Waals surface area contributed by atoms with E-state index in [2.05, 4.69) is 10.2 Å². The molecule has 202 valence electrons. The maximum Gasteiger partial charge on any atom is 0.338 e. The van der Waals surface area contributed by atoms with Crippen molar-refractivity contribution in [3.63, 3.8) is 0 Å². The lowest BCUT2D eigenvalue weighted by atomic mass is 9.93. The fraction of sp³-hybridized carbons (Fsp3) is 0.393. The second-order valence-electron chi connectivity index (χ2n) is 9.32. The van der Waals surface area contributed by atoms with Gasteiger partial charge < -0.3 is 15.0 Å². The first-order valence-electron chi connectivity index (χ1n) is 12.8. The third kappa shape index (κ3) is 5.55. The predicted octanol–water partition coefficient (Wildman–Crippen LogP) is 3.71. The molecule has 8 nitrogen and oxygen atoms in total. The molecule has 1 N–H and O–H groups in total. The molecule has 0 saturated carbocycles. The number of likely N-dealkylation sites (N-methyl/N-ethyl adjacent to an activating group) is 1. The van der Waals surface area contributed by atoms with E-state index in [0.29, 0.717) is 37.4 Å². The molecule has 0 aromatic heterocycles. The van der Waals surface area contributed by atoms with E-state index in [-0.39, 0.29) is 36.2 Å². The van der Waals surface area contributed by atoms with E-state index in [9.17, 15) is 23.2 Å². The Balaban J connectivity index is 1.63. The number of carbonyl (C=O) groups excluding carboxylic acids is 3. The number of hydrogen-bond donors (Lipinski definition) is 1. The molecule has 0 radical (unpaired) electrons. The van der Waals surface area contributed by atoms with Gasteiger partial charge >= 0.3 is 12.0 Å². The van der Waals surface area contributed by atoms with Gasteiger partial charge in [-0.3, -0.25) is 14.6 Å². The van der Waals surface area contributed by atoms with Crippen LogP contribution in [0.2, 0.25) is 0 Å². The molecular weight excluding hydrogens is 494 g/mol. The first kappa shape index (κ1) is 27.3. The molecule has 0 aliphatic carbocycles. The molecule has 1 saturated heterocycles. The van der Waals surface area contributed by atoms with Gasteiger partial charge in [-0.2, -0.15) is 0 Å². The Bertz CT molecular complexity index is 1230. The average Bonchev–Trinajstić information content (AvgIpc) is 2.89. The van der Waals surface area contributed by atoms with E-state index >= 15 is 0 Å². The van der Waals surface area contributed by atoms with Crippen molar-refractivity contribution in [2.24, 2.45) is 0 Å². The summed E-state index contributed by atoms with van der Waals surface area (Å²) in [4.78, 5) is 44.6. The summed E-state index contributed by atoms with van der Waals surface area (Å²) in [6, 6.07) is 9.88. The Kier molecular flexibility index (Phi) is 8.41. The van der Waals surface area contributed by atoms with E-state index < -0.39 is 29.7 Å². The molecule has 2 atom stereocenters. The van der Waals surface area contributed by atoms with Crippen molar-refractivity contribution < 1.29 is 27.9 Å². The van der Waals surface area contributed by atoms with Crippen molar-refractivity contribution in [1.82, 2.24) is 20.0 Å². The molecule has 10 heteroatoms. The minimum atomic E-state index is -1.00. The maximum absolute atomic E-state index is 14.8. The van der Waals surface area contributed by atoms with Gasteiger partial charge in [-0.15, -0.1) is 0 Å². The lowest BCUT2D eigenvalue weighted by molar-refractivity contribution is -0.139. The van der Waals surface area contributed by atoms with Gasteiger partial charge in [0.05, 0.1) is 18.2 Å². The van der Waals surface area contributed by atoms with Crippen molar-refractivity contribution in [2.45, 2.75) is 32.9 Å². The fourth-order valence-corrected chi connectivity index (χ4v) is 5.05. The molecule has 0 unspecified atom stereocenters. The van der Waals surface area contributed by atoms with Gasteiger partial charge in [-0.25, -0.2) is 18.4 Å². The van der Waals surface area contributed by atoms with Crippen LogP contribution in [0.3, 0.4) is 0 Å². The molecule has 2 aliphatic heterocycles. The van der Waals surface area contributed by atoms with Crippen LogP contribution < -0.4 is 5.32 Å². The fourth-order valence-electron chi connectivity index (χ4n) is 5.05. The van der Waals surface area contributed by atoms with Gasteiger partial charge in [-0.1, -0.05) is 18.2 Å². The molecule has 3 amide bonds. The number of carbonyl (C=O) groups is 3. The number of benzene rings is 2. The van der Waals surface area contributed by atoms with Crippen molar-refractivity contribution in [1.29, 1.82) is 0 Å². The Morgan fingerprint density at radius 1 is 1.05 bits per heavy atom. The summed E-state index contributed by atoms with van der Waals surface area (Å²) in [5.74, 6) is -1.75. The number of hydrogen-bond acceptors (Lipinski definition) is 5. The number of urea groups is 1. The third-order valence-electron chi connectivity index (χ3n) is 6.90. The van der Waals surface area contributed by atoms with Crippen molar-refractivity contribution in [3.8, 4) is 0 Å². The van der Waals surface area contributed by atoms with Gasteiger partial charge in [0.2, 0.25) is 0 Å². The second kappa shape index (κ2) is 11.7.